The molecule has 0 radical (unpaired) electrons. The van der Waals surface area contributed by atoms with Crippen LogP contribution in [0.15, 0.2) is 12.1 Å². The van der Waals surface area contributed by atoms with Crippen molar-refractivity contribution >= 4 is 51.9 Å². The Morgan fingerprint density at radius 2 is 2.06 bits per heavy atom. The number of halogens is 2. The van der Waals surface area contributed by atoms with E-state index in [1.54, 1.807) is 17.8 Å². The maximum absolute atomic E-state index is 6.03. The molecular weight excluding hydrogens is 277 g/mol. The highest BCUT2D eigenvalue weighted by Crippen LogP contribution is 2.31. The number of nitrogens with two attached hydrogens (primary N) is 1. The van der Waals surface area contributed by atoms with E-state index in [0.29, 0.717) is 16.0 Å². The minimum Gasteiger partial charge on any atom is -0.369 e. The van der Waals surface area contributed by atoms with Crippen molar-refractivity contribution in [2.24, 2.45) is 0 Å². The molecule has 3 nitrogen and oxygen atoms in total. The highest BCUT2D eigenvalue weighted by atomic mass is 35.5. The average molecular weight is 290 g/mol. The van der Waals surface area contributed by atoms with Gasteiger partial charge in [0.1, 0.15) is 0 Å². The number of nitrogens with zero attached hydrogens (tertiary/aromatic N) is 2. The molecule has 0 spiro atoms. The minimum atomic E-state index is 0.271. The number of benzene rings is 1. The maximum atomic E-state index is 6.03. The van der Waals surface area contributed by atoms with Crippen LogP contribution in [0.5, 0.6) is 0 Å². The highest BCUT2D eigenvalue weighted by Gasteiger charge is 2.15. The van der Waals surface area contributed by atoms with Gasteiger partial charge in [0.15, 0.2) is 0 Å². The molecule has 0 bridgehead atoms. The first kappa shape index (κ1) is 12.9. The molecule has 0 aliphatic carbocycles. The van der Waals surface area contributed by atoms with Crippen LogP contribution >= 0.6 is 35.0 Å². The van der Waals surface area contributed by atoms with Crippen molar-refractivity contribution in [2.75, 3.05) is 17.7 Å². The van der Waals surface area contributed by atoms with Gasteiger partial charge in [-0.2, -0.15) is 11.8 Å². The van der Waals surface area contributed by atoms with Crippen molar-refractivity contribution in [1.82, 2.24) is 9.55 Å². The Labute approximate surface area is 114 Å². The van der Waals surface area contributed by atoms with E-state index in [1.165, 1.54) is 0 Å². The summed E-state index contributed by atoms with van der Waals surface area (Å²) in [5.41, 5.74) is 7.65. The molecule has 2 aromatic rings. The van der Waals surface area contributed by atoms with Crippen molar-refractivity contribution in [3.63, 3.8) is 0 Å². The summed E-state index contributed by atoms with van der Waals surface area (Å²) in [5, 5.41) is 1.03. The summed E-state index contributed by atoms with van der Waals surface area (Å²) in [6.07, 6.45) is 2.07. The summed E-state index contributed by atoms with van der Waals surface area (Å²) in [6.45, 7) is 2.11. The molecule has 2 rings (SSSR count). The molecule has 92 valence electrons. The summed E-state index contributed by atoms with van der Waals surface area (Å²) in [6, 6.07) is 3.84. The fourth-order valence-corrected chi connectivity index (χ4v) is 2.84. The fraction of sp³-hybridized carbons (Fsp3) is 0.364. The number of nitrogen functional groups attached to an aromatic ring is 1. The standard InChI is InChI=1S/C11H13Cl2N3S/c1-6(5-17-2)16-10-4-8(13)7(12)3-9(10)15-11(16)14/h3-4,6H,5H2,1-2H3,(H2,14,15). The lowest BCUT2D eigenvalue weighted by Gasteiger charge is -2.14. The molecule has 6 heteroatoms. The Bertz CT molecular complexity index is 553. The van der Waals surface area contributed by atoms with Gasteiger partial charge in [0, 0.05) is 11.8 Å². The van der Waals surface area contributed by atoms with Gasteiger partial charge in [-0.25, -0.2) is 4.98 Å². The van der Waals surface area contributed by atoms with E-state index < -0.39 is 0 Å². The molecule has 0 amide bonds. The van der Waals surface area contributed by atoms with Crippen LogP contribution in [0.2, 0.25) is 10.0 Å². The lowest BCUT2D eigenvalue weighted by molar-refractivity contribution is 0.637. The molecule has 1 heterocycles. The Balaban J connectivity index is 2.62. The van der Waals surface area contributed by atoms with Crippen molar-refractivity contribution in [3.05, 3.63) is 22.2 Å². The Hall–Kier alpha value is -0.580. The predicted molar refractivity (Wildman–Crippen MR) is 77.3 cm³/mol. The number of aromatic nitrogens is 2. The summed E-state index contributed by atoms with van der Waals surface area (Å²) >= 11 is 13.8. The molecule has 0 saturated carbocycles. The van der Waals surface area contributed by atoms with Gasteiger partial charge in [0.25, 0.3) is 0 Å². The van der Waals surface area contributed by atoms with E-state index in [0.717, 1.165) is 16.8 Å². The van der Waals surface area contributed by atoms with Gasteiger partial charge in [0.2, 0.25) is 5.95 Å². The van der Waals surface area contributed by atoms with Gasteiger partial charge in [-0.15, -0.1) is 0 Å². The third-order valence-electron chi connectivity index (χ3n) is 2.61. The molecule has 1 aromatic heterocycles. The van der Waals surface area contributed by atoms with Crippen LogP contribution in [-0.2, 0) is 0 Å². The average Bonchev–Trinajstić information content (AvgIpc) is 2.55. The monoisotopic (exact) mass is 289 g/mol. The molecular formula is C11H13Cl2N3S. The van der Waals surface area contributed by atoms with Crippen LogP contribution in [0.25, 0.3) is 11.0 Å². The quantitative estimate of drug-likeness (QED) is 0.933. The number of anilines is 1. The zero-order valence-corrected chi connectivity index (χ0v) is 11.9. The van der Waals surface area contributed by atoms with E-state index in [1.807, 2.05) is 10.6 Å². The van der Waals surface area contributed by atoms with Gasteiger partial charge in [-0.05, 0) is 25.3 Å². The molecule has 1 aromatic carbocycles. The van der Waals surface area contributed by atoms with E-state index in [9.17, 15) is 0 Å². The second-order valence-electron chi connectivity index (χ2n) is 3.90. The fourth-order valence-electron chi connectivity index (χ4n) is 1.89. The van der Waals surface area contributed by atoms with Crippen LogP contribution in [-0.4, -0.2) is 21.6 Å². The number of thioether (sulfide) groups is 1. The van der Waals surface area contributed by atoms with Crippen molar-refractivity contribution in [2.45, 2.75) is 13.0 Å². The van der Waals surface area contributed by atoms with E-state index in [4.69, 9.17) is 28.9 Å². The molecule has 0 aliphatic heterocycles. The molecule has 2 N–H and O–H groups in total. The lowest BCUT2D eigenvalue weighted by atomic mass is 10.3. The topological polar surface area (TPSA) is 43.8 Å². The van der Waals surface area contributed by atoms with Gasteiger partial charge in [-0.3, -0.25) is 0 Å². The first-order chi connectivity index (χ1) is 8.04. The van der Waals surface area contributed by atoms with Crippen molar-refractivity contribution in [3.8, 4) is 0 Å². The number of imidazole rings is 1. The summed E-state index contributed by atoms with van der Waals surface area (Å²) in [7, 11) is 0. The SMILES string of the molecule is CSCC(C)n1c(N)nc2cc(Cl)c(Cl)cc21. The second-order valence-corrected chi connectivity index (χ2v) is 5.62. The smallest absolute Gasteiger partial charge is 0.201 e. The lowest BCUT2D eigenvalue weighted by Crippen LogP contribution is -2.10. The van der Waals surface area contributed by atoms with Crippen molar-refractivity contribution in [1.29, 1.82) is 0 Å². The number of hydrogen-bond acceptors (Lipinski definition) is 3. The minimum absolute atomic E-state index is 0.271. The first-order valence-corrected chi connectivity index (χ1v) is 7.31. The molecule has 0 aliphatic rings. The molecule has 17 heavy (non-hydrogen) atoms. The van der Waals surface area contributed by atoms with Crippen molar-refractivity contribution < 1.29 is 0 Å². The zero-order valence-electron chi connectivity index (χ0n) is 9.58. The van der Waals surface area contributed by atoms with Crippen LogP contribution in [0.3, 0.4) is 0 Å². The zero-order chi connectivity index (χ0) is 12.6. The number of rotatable bonds is 3. The largest absolute Gasteiger partial charge is 0.369 e. The predicted octanol–water partition coefficient (Wildman–Crippen LogP) is 3.85. The third-order valence-corrected chi connectivity index (χ3v) is 4.15. The maximum Gasteiger partial charge on any atom is 0.201 e. The van der Waals surface area contributed by atoms with Gasteiger partial charge in [0.05, 0.1) is 21.1 Å². The normalized spacial score (nSPS) is 13.2. The van der Waals surface area contributed by atoms with Crippen LogP contribution < -0.4 is 5.73 Å². The summed E-state index contributed by atoms with van der Waals surface area (Å²) in [4.78, 5) is 4.31. The molecule has 1 atom stereocenters. The van der Waals surface area contributed by atoms with E-state index in [-0.39, 0.29) is 6.04 Å². The van der Waals surface area contributed by atoms with Crippen LogP contribution in [0.1, 0.15) is 13.0 Å². The molecule has 0 fully saturated rings. The number of hydrogen-bond donors (Lipinski definition) is 1. The van der Waals surface area contributed by atoms with Crippen LogP contribution in [0.4, 0.5) is 5.95 Å². The summed E-state index contributed by atoms with van der Waals surface area (Å²) < 4.78 is 1.99. The van der Waals surface area contributed by atoms with Gasteiger partial charge >= 0.3 is 0 Å². The van der Waals surface area contributed by atoms with Gasteiger partial charge in [-0.1, -0.05) is 23.2 Å². The number of fused-ring (bicyclic) bond motifs is 1. The van der Waals surface area contributed by atoms with E-state index in [2.05, 4.69) is 18.2 Å². The highest BCUT2D eigenvalue weighted by molar-refractivity contribution is 7.98. The molecule has 1 unspecified atom stereocenters. The molecule has 0 saturated heterocycles. The van der Waals surface area contributed by atoms with E-state index >= 15 is 0 Å². The second kappa shape index (κ2) is 4.96. The van der Waals surface area contributed by atoms with Gasteiger partial charge < -0.3 is 10.3 Å². The third kappa shape index (κ3) is 2.34. The Morgan fingerprint density at radius 3 is 2.71 bits per heavy atom. The Morgan fingerprint density at radius 1 is 1.41 bits per heavy atom. The Kier molecular flexibility index (Phi) is 3.76. The first-order valence-electron chi connectivity index (χ1n) is 5.16. The summed E-state index contributed by atoms with van der Waals surface area (Å²) in [5.74, 6) is 1.47. The van der Waals surface area contributed by atoms with Crippen LogP contribution in [0, 0.1) is 0 Å².